The Hall–Kier alpha value is -3.43. The lowest BCUT2D eigenvalue weighted by molar-refractivity contribution is -0.144. The van der Waals surface area contributed by atoms with Crippen LogP contribution in [0.4, 0.5) is 4.79 Å². The quantitative estimate of drug-likeness (QED) is 0.349. The molecule has 0 radical (unpaired) electrons. The molecular formula is C31H42N4O6. The van der Waals surface area contributed by atoms with Crippen molar-refractivity contribution in [1.29, 1.82) is 0 Å². The fourth-order valence-corrected chi connectivity index (χ4v) is 6.96. The van der Waals surface area contributed by atoms with E-state index in [1.54, 1.807) is 4.90 Å². The molecule has 4 N–H and O–H groups in total. The summed E-state index contributed by atoms with van der Waals surface area (Å²) in [5, 5.41) is 5.64. The van der Waals surface area contributed by atoms with Crippen LogP contribution in [0.3, 0.4) is 0 Å². The van der Waals surface area contributed by atoms with Gasteiger partial charge in [-0.1, -0.05) is 64.8 Å². The fourth-order valence-electron chi connectivity index (χ4n) is 6.96. The highest BCUT2D eigenvalue weighted by Crippen LogP contribution is 2.65. The number of carbonyl (C=O) groups excluding carboxylic acids is 5. The number of fused-ring (bicyclic) bond motifs is 2. The highest BCUT2D eigenvalue weighted by atomic mass is 16.5. The van der Waals surface area contributed by atoms with Crippen molar-refractivity contribution in [3.05, 3.63) is 35.4 Å². The van der Waals surface area contributed by atoms with Crippen LogP contribution in [0.25, 0.3) is 0 Å². The van der Waals surface area contributed by atoms with Gasteiger partial charge in [-0.2, -0.15) is 0 Å². The molecule has 41 heavy (non-hydrogen) atoms. The van der Waals surface area contributed by atoms with Crippen LogP contribution in [-0.2, 0) is 36.8 Å². The summed E-state index contributed by atoms with van der Waals surface area (Å²) in [4.78, 5) is 66.8. The Labute approximate surface area is 241 Å². The smallest absolute Gasteiger partial charge is 0.407 e. The zero-order valence-electron chi connectivity index (χ0n) is 24.4. The normalized spacial score (nSPS) is 25.6. The zero-order chi connectivity index (χ0) is 29.6. The molecule has 3 unspecified atom stereocenters. The first-order valence-electron chi connectivity index (χ1n) is 14.8. The molecule has 1 aromatic carbocycles. The summed E-state index contributed by atoms with van der Waals surface area (Å²) < 4.78 is 5.38. The van der Waals surface area contributed by atoms with Gasteiger partial charge in [-0.05, 0) is 65.4 Å². The lowest BCUT2D eigenvalue weighted by Gasteiger charge is -2.35. The number of nitrogens with two attached hydrogens (primary N) is 1. The Morgan fingerprint density at radius 3 is 2.24 bits per heavy atom. The molecule has 1 aliphatic heterocycles. The third-order valence-electron chi connectivity index (χ3n) is 9.54. The van der Waals surface area contributed by atoms with Crippen molar-refractivity contribution in [2.45, 2.75) is 77.9 Å². The van der Waals surface area contributed by atoms with E-state index in [4.69, 9.17) is 10.5 Å². The number of alkyl carbamates (subject to hydrolysis) is 1. The van der Waals surface area contributed by atoms with Crippen molar-refractivity contribution in [2.75, 3.05) is 13.2 Å². The molecule has 222 valence electrons. The Morgan fingerprint density at radius 1 is 1.05 bits per heavy atom. The molecule has 1 aromatic rings. The molecule has 3 fully saturated rings. The molecule has 1 heterocycles. The second-order valence-electron chi connectivity index (χ2n) is 13.4. The summed E-state index contributed by atoms with van der Waals surface area (Å²) in [6.45, 7) is 8.63. The third kappa shape index (κ3) is 5.97. The van der Waals surface area contributed by atoms with E-state index >= 15 is 0 Å². The lowest BCUT2D eigenvalue weighted by atomic mass is 9.93. The topological polar surface area (TPSA) is 148 Å². The molecule has 5 rings (SSSR count). The van der Waals surface area contributed by atoms with Crippen LogP contribution < -0.4 is 16.4 Å². The average Bonchev–Trinajstić information content (AvgIpc) is 3.67. The fraction of sp³-hybridized carbons (Fsp3) is 0.645. The number of rotatable bonds is 11. The number of benzene rings is 1. The largest absolute Gasteiger partial charge is 0.449 e. The maximum Gasteiger partial charge on any atom is 0.407 e. The molecule has 4 amide bonds. The molecule has 0 aromatic heterocycles. The number of amides is 4. The van der Waals surface area contributed by atoms with Gasteiger partial charge in [-0.15, -0.1) is 0 Å². The number of primary amides is 1. The monoisotopic (exact) mass is 566 g/mol. The van der Waals surface area contributed by atoms with E-state index in [9.17, 15) is 24.0 Å². The maximum absolute atomic E-state index is 14.3. The first-order valence-corrected chi connectivity index (χ1v) is 14.8. The third-order valence-corrected chi connectivity index (χ3v) is 9.54. The van der Waals surface area contributed by atoms with Gasteiger partial charge in [0, 0.05) is 6.54 Å². The number of hydrogen-bond acceptors (Lipinski definition) is 6. The standard InChI is InChI=1S/C31H42N4O6/c1-16(2)15-41-30(40)34-24(20-12-18-7-5-6-8-19(18)13-20)29(39)35-14-21-23(31(21,3)4)25(35)28(38)33-22(11-17-9-10-17)26(36)27(32)37/h5-8,16-17,20-25H,9-15H2,1-4H3,(H2,32,37)(H,33,38)(H,34,40)/t21?,22?,23?,24-,25-/m0/s1. The van der Waals surface area contributed by atoms with E-state index in [-0.39, 0.29) is 47.5 Å². The summed E-state index contributed by atoms with van der Waals surface area (Å²) in [5.74, 6) is -2.44. The molecule has 1 saturated heterocycles. The summed E-state index contributed by atoms with van der Waals surface area (Å²) >= 11 is 0. The van der Waals surface area contributed by atoms with Gasteiger partial charge in [-0.3, -0.25) is 19.2 Å². The number of likely N-dealkylation sites (tertiary alicyclic amines) is 1. The molecule has 4 aliphatic rings. The predicted molar refractivity (Wildman–Crippen MR) is 150 cm³/mol. The van der Waals surface area contributed by atoms with Crippen molar-refractivity contribution in [2.24, 2.45) is 40.7 Å². The average molecular weight is 567 g/mol. The first-order chi connectivity index (χ1) is 19.4. The number of ketones is 1. The predicted octanol–water partition coefficient (Wildman–Crippen LogP) is 1.97. The van der Waals surface area contributed by atoms with Crippen molar-refractivity contribution in [3.63, 3.8) is 0 Å². The first kappa shape index (κ1) is 29.1. The Balaban J connectivity index is 1.38. The number of nitrogens with zero attached hydrogens (tertiary/aromatic N) is 1. The van der Waals surface area contributed by atoms with Gasteiger partial charge < -0.3 is 26.0 Å². The van der Waals surface area contributed by atoms with Gasteiger partial charge in [0.1, 0.15) is 12.1 Å². The molecule has 10 nitrogen and oxygen atoms in total. The maximum atomic E-state index is 14.3. The van der Waals surface area contributed by atoms with Gasteiger partial charge >= 0.3 is 6.09 Å². The minimum Gasteiger partial charge on any atom is -0.449 e. The zero-order valence-corrected chi connectivity index (χ0v) is 24.4. The van der Waals surface area contributed by atoms with Crippen molar-refractivity contribution >= 4 is 29.6 Å². The molecule has 5 atom stereocenters. The molecule has 2 saturated carbocycles. The van der Waals surface area contributed by atoms with Crippen LogP contribution in [0.1, 0.15) is 58.1 Å². The van der Waals surface area contributed by atoms with Gasteiger partial charge in [0.25, 0.3) is 5.91 Å². The second-order valence-corrected chi connectivity index (χ2v) is 13.4. The van der Waals surface area contributed by atoms with Crippen LogP contribution in [0.15, 0.2) is 24.3 Å². The Bertz CT molecular complexity index is 1220. The molecule has 10 heteroatoms. The van der Waals surface area contributed by atoms with E-state index in [1.165, 1.54) is 0 Å². The number of carbonyl (C=O) groups is 5. The van der Waals surface area contributed by atoms with Crippen LogP contribution in [0.2, 0.25) is 0 Å². The minimum atomic E-state index is -1.08. The number of nitrogens with one attached hydrogen (secondary N) is 2. The molecule has 0 bridgehead atoms. The Morgan fingerprint density at radius 2 is 1.68 bits per heavy atom. The molecular weight excluding hydrogens is 524 g/mol. The summed E-state index contributed by atoms with van der Waals surface area (Å²) in [7, 11) is 0. The van der Waals surface area contributed by atoms with Crippen LogP contribution in [0, 0.1) is 35.0 Å². The summed E-state index contributed by atoms with van der Waals surface area (Å²) in [5.41, 5.74) is 7.42. The highest BCUT2D eigenvalue weighted by molar-refractivity contribution is 6.37. The van der Waals surface area contributed by atoms with E-state index < -0.39 is 41.8 Å². The van der Waals surface area contributed by atoms with Gasteiger partial charge in [-0.25, -0.2) is 4.79 Å². The van der Waals surface area contributed by atoms with E-state index in [0.717, 1.165) is 24.0 Å². The van der Waals surface area contributed by atoms with Gasteiger partial charge in [0.05, 0.1) is 12.6 Å². The van der Waals surface area contributed by atoms with E-state index in [1.807, 2.05) is 38.1 Å². The number of Topliss-reactive ketones (excluding diaryl/α,β-unsaturated/α-hetero) is 1. The lowest BCUT2D eigenvalue weighted by Crippen LogP contribution is -2.59. The van der Waals surface area contributed by atoms with Crippen LogP contribution in [-0.4, -0.2) is 65.8 Å². The van der Waals surface area contributed by atoms with Crippen LogP contribution >= 0.6 is 0 Å². The highest BCUT2D eigenvalue weighted by Gasteiger charge is 2.69. The number of ether oxygens (including phenoxy) is 1. The van der Waals surface area contributed by atoms with Crippen molar-refractivity contribution in [3.8, 4) is 0 Å². The SMILES string of the molecule is CC(C)COC(=O)N[C@H](C(=O)N1CC2C([C@H]1C(=O)NC(CC1CC1)C(=O)C(N)=O)C2(C)C)C1Cc2ccccc2C1. The second kappa shape index (κ2) is 11.1. The van der Waals surface area contributed by atoms with Crippen molar-refractivity contribution < 1.29 is 28.7 Å². The number of piperidine rings is 1. The van der Waals surface area contributed by atoms with Crippen molar-refractivity contribution in [1.82, 2.24) is 15.5 Å². The Kier molecular flexibility index (Phi) is 7.87. The van der Waals surface area contributed by atoms with E-state index in [0.29, 0.717) is 25.8 Å². The summed E-state index contributed by atoms with van der Waals surface area (Å²) in [6, 6.07) is 5.29. The molecule has 3 aliphatic carbocycles. The minimum absolute atomic E-state index is 0.0916. The summed E-state index contributed by atoms with van der Waals surface area (Å²) in [6.07, 6.45) is 2.82. The van der Waals surface area contributed by atoms with Gasteiger partial charge in [0.15, 0.2) is 0 Å². The molecule has 0 spiro atoms. The number of hydrogen-bond donors (Lipinski definition) is 3. The van der Waals surface area contributed by atoms with E-state index in [2.05, 4.69) is 24.5 Å². The van der Waals surface area contributed by atoms with Crippen LogP contribution in [0.5, 0.6) is 0 Å². The van der Waals surface area contributed by atoms with Gasteiger partial charge in [0.2, 0.25) is 17.6 Å².